The van der Waals surface area contributed by atoms with E-state index in [1.54, 1.807) is 19.2 Å². The number of anilines is 1. The Morgan fingerprint density at radius 2 is 1.73 bits per heavy atom. The summed E-state index contributed by atoms with van der Waals surface area (Å²) in [5, 5.41) is 11.3. The van der Waals surface area contributed by atoms with Crippen LogP contribution in [-0.4, -0.2) is 23.2 Å². The summed E-state index contributed by atoms with van der Waals surface area (Å²) in [7, 11) is 1.60. The van der Waals surface area contributed by atoms with Crippen molar-refractivity contribution in [3.05, 3.63) is 82.3 Å². The second kappa shape index (κ2) is 8.51. The molecule has 0 radical (unpaired) electrons. The van der Waals surface area contributed by atoms with Crippen LogP contribution >= 0.6 is 15.9 Å². The highest BCUT2D eigenvalue weighted by Gasteiger charge is 2.17. The van der Waals surface area contributed by atoms with E-state index in [2.05, 4.69) is 31.4 Å². The standard InChI is InChI=1S/C23H18BrN3O3/c1-14-6-5-7-15(12-14)21(28)25-20-9-4-3-8-17(20)22-26-27-23(30-22)18-13-16(29-2)10-11-19(18)24/h3-13H,1-2H3,(H,25,28). The molecule has 0 saturated carbocycles. The summed E-state index contributed by atoms with van der Waals surface area (Å²) in [6.45, 7) is 1.95. The Balaban J connectivity index is 1.66. The molecule has 0 spiro atoms. The molecule has 1 heterocycles. The second-order valence-electron chi connectivity index (χ2n) is 6.63. The monoisotopic (exact) mass is 463 g/mol. The number of ether oxygens (including phenoxy) is 1. The fraction of sp³-hybridized carbons (Fsp3) is 0.0870. The van der Waals surface area contributed by atoms with Crippen molar-refractivity contribution >= 4 is 27.5 Å². The number of nitrogens with one attached hydrogen (secondary N) is 1. The largest absolute Gasteiger partial charge is 0.497 e. The Bertz CT molecular complexity index is 1220. The van der Waals surface area contributed by atoms with Crippen molar-refractivity contribution in [1.29, 1.82) is 0 Å². The first-order chi connectivity index (χ1) is 14.5. The quantitative estimate of drug-likeness (QED) is 0.408. The van der Waals surface area contributed by atoms with Crippen LogP contribution in [-0.2, 0) is 0 Å². The van der Waals surface area contributed by atoms with Crippen molar-refractivity contribution in [2.45, 2.75) is 6.92 Å². The summed E-state index contributed by atoms with van der Waals surface area (Å²) in [6, 6.07) is 20.2. The number of methoxy groups -OCH3 is 1. The molecule has 7 heteroatoms. The summed E-state index contributed by atoms with van der Waals surface area (Å²) >= 11 is 3.50. The Morgan fingerprint density at radius 3 is 2.50 bits per heavy atom. The molecule has 0 fully saturated rings. The summed E-state index contributed by atoms with van der Waals surface area (Å²) in [5.41, 5.74) is 3.53. The molecule has 0 saturated heterocycles. The number of hydrogen-bond acceptors (Lipinski definition) is 5. The first kappa shape index (κ1) is 19.8. The Labute approximate surface area is 182 Å². The van der Waals surface area contributed by atoms with Gasteiger partial charge in [-0.15, -0.1) is 10.2 Å². The molecule has 1 aromatic heterocycles. The van der Waals surface area contributed by atoms with Gasteiger partial charge < -0.3 is 14.5 Å². The van der Waals surface area contributed by atoms with Crippen LogP contribution in [0.3, 0.4) is 0 Å². The first-order valence-electron chi connectivity index (χ1n) is 9.20. The number of carbonyl (C=O) groups excluding carboxylic acids is 1. The molecule has 0 aliphatic heterocycles. The molecule has 1 N–H and O–H groups in total. The number of aryl methyl sites for hydroxylation is 1. The zero-order valence-corrected chi connectivity index (χ0v) is 17.9. The van der Waals surface area contributed by atoms with E-state index in [9.17, 15) is 4.79 Å². The third kappa shape index (κ3) is 4.11. The molecular weight excluding hydrogens is 446 g/mol. The lowest BCUT2D eigenvalue weighted by Gasteiger charge is -2.09. The molecule has 1 amide bonds. The van der Waals surface area contributed by atoms with Gasteiger partial charge in [-0.2, -0.15) is 0 Å². The van der Waals surface area contributed by atoms with Crippen LogP contribution < -0.4 is 10.1 Å². The second-order valence-corrected chi connectivity index (χ2v) is 7.48. The van der Waals surface area contributed by atoms with Crippen molar-refractivity contribution in [2.24, 2.45) is 0 Å². The minimum Gasteiger partial charge on any atom is -0.497 e. The number of hydrogen-bond donors (Lipinski definition) is 1. The molecule has 4 aromatic rings. The van der Waals surface area contributed by atoms with Crippen molar-refractivity contribution in [3.63, 3.8) is 0 Å². The smallest absolute Gasteiger partial charge is 0.255 e. The minimum atomic E-state index is -0.207. The van der Waals surface area contributed by atoms with Crippen molar-refractivity contribution in [1.82, 2.24) is 10.2 Å². The molecule has 0 aliphatic rings. The van der Waals surface area contributed by atoms with Gasteiger partial charge in [0.25, 0.3) is 5.91 Å². The predicted octanol–water partition coefficient (Wildman–Crippen LogP) is 5.74. The fourth-order valence-electron chi connectivity index (χ4n) is 3.00. The van der Waals surface area contributed by atoms with E-state index in [1.165, 1.54) is 0 Å². The summed E-state index contributed by atoms with van der Waals surface area (Å²) in [5.74, 6) is 1.12. The molecule has 3 aromatic carbocycles. The van der Waals surface area contributed by atoms with Crippen molar-refractivity contribution < 1.29 is 13.9 Å². The van der Waals surface area contributed by atoms with Gasteiger partial charge in [-0.25, -0.2) is 0 Å². The average Bonchev–Trinajstić information content (AvgIpc) is 3.24. The van der Waals surface area contributed by atoms with Gasteiger partial charge in [0, 0.05) is 10.0 Å². The van der Waals surface area contributed by atoms with Crippen LogP contribution in [0.1, 0.15) is 15.9 Å². The summed E-state index contributed by atoms with van der Waals surface area (Å²) in [6.07, 6.45) is 0. The highest BCUT2D eigenvalue weighted by Crippen LogP contribution is 2.34. The molecule has 0 unspecified atom stereocenters. The Kier molecular flexibility index (Phi) is 5.63. The topological polar surface area (TPSA) is 77.3 Å². The number of carbonyl (C=O) groups is 1. The number of amides is 1. The van der Waals surface area contributed by atoms with Crippen LogP contribution in [0, 0.1) is 6.92 Å². The molecule has 0 aliphatic carbocycles. The average molecular weight is 464 g/mol. The molecule has 0 bridgehead atoms. The van der Waals surface area contributed by atoms with Gasteiger partial charge >= 0.3 is 0 Å². The number of halogens is 1. The Morgan fingerprint density at radius 1 is 0.967 bits per heavy atom. The zero-order chi connectivity index (χ0) is 21.1. The minimum absolute atomic E-state index is 0.207. The van der Waals surface area contributed by atoms with Gasteiger partial charge in [-0.05, 0) is 65.3 Å². The lowest BCUT2D eigenvalue weighted by molar-refractivity contribution is 0.102. The first-order valence-corrected chi connectivity index (χ1v) is 9.99. The zero-order valence-electron chi connectivity index (χ0n) is 16.3. The maximum atomic E-state index is 12.7. The normalized spacial score (nSPS) is 10.6. The van der Waals surface area contributed by atoms with Crippen LogP contribution in [0.4, 0.5) is 5.69 Å². The fourth-order valence-corrected chi connectivity index (χ4v) is 3.41. The van der Waals surface area contributed by atoms with Gasteiger partial charge in [-0.3, -0.25) is 4.79 Å². The highest BCUT2D eigenvalue weighted by molar-refractivity contribution is 9.10. The third-order valence-electron chi connectivity index (χ3n) is 4.51. The van der Waals surface area contributed by atoms with Gasteiger partial charge in [0.15, 0.2) is 0 Å². The molecule has 0 atom stereocenters. The van der Waals surface area contributed by atoms with E-state index < -0.39 is 0 Å². The summed E-state index contributed by atoms with van der Waals surface area (Å²) < 4.78 is 12.0. The molecule has 150 valence electrons. The highest BCUT2D eigenvalue weighted by atomic mass is 79.9. The Hall–Kier alpha value is -3.45. The van der Waals surface area contributed by atoms with Crippen LogP contribution in [0.25, 0.3) is 22.9 Å². The summed E-state index contributed by atoms with van der Waals surface area (Å²) in [4.78, 5) is 12.7. The molecular formula is C23H18BrN3O3. The van der Waals surface area contributed by atoms with Gasteiger partial charge in [0.05, 0.1) is 23.9 Å². The molecule has 4 rings (SSSR count). The molecule has 6 nitrogen and oxygen atoms in total. The van der Waals surface area contributed by atoms with Gasteiger partial charge in [0.1, 0.15) is 5.75 Å². The number of rotatable bonds is 5. The van der Waals surface area contributed by atoms with Crippen LogP contribution in [0.5, 0.6) is 5.75 Å². The van der Waals surface area contributed by atoms with E-state index in [0.29, 0.717) is 34.3 Å². The number of nitrogens with zero attached hydrogens (tertiary/aromatic N) is 2. The van der Waals surface area contributed by atoms with E-state index >= 15 is 0 Å². The van der Waals surface area contributed by atoms with E-state index in [1.807, 2.05) is 61.5 Å². The van der Waals surface area contributed by atoms with Crippen molar-refractivity contribution in [2.75, 3.05) is 12.4 Å². The molecule has 30 heavy (non-hydrogen) atoms. The van der Waals surface area contributed by atoms with E-state index in [0.717, 1.165) is 15.6 Å². The number of aromatic nitrogens is 2. The number of para-hydroxylation sites is 1. The van der Waals surface area contributed by atoms with Gasteiger partial charge in [-0.1, -0.05) is 29.8 Å². The van der Waals surface area contributed by atoms with Crippen LogP contribution in [0.2, 0.25) is 0 Å². The predicted molar refractivity (Wildman–Crippen MR) is 119 cm³/mol. The van der Waals surface area contributed by atoms with Crippen molar-refractivity contribution in [3.8, 4) is 28.7 Å². The SMILES string of the molecule is COc1ccc(Br)c(-c2nnc(-c3ccccc3NC(=O)c3cccc(C)c3)o2)c1. The number of benzene rings is 3. The lowest BCUT2D eigenvalue weighted by Crippen LogP contribution is -2.12. The maximum absolute atomic E-state index is 12.7. The van der Waals surface area contributed by atoms with E-state index in [4.69, 9.17) is 9.15 Å². The lowest BCUT2D eigenvalue weighted by atomic mass is 10.1. The maximum Gasteiger partial charge on any atom is 0.255 e. The van der Waals surface area contributed by atoms with Crippen LogP contribution in [0.15, 0.2) is 75.6 Å². The third-order valence-corrected chi connectivity index (χ3v) is 5.21. The van der Waals surface area contributed by atoms with E-state index in [-0.39, 0.29) is 5.91 Å². The van der Waals surface area contributed by atoms with Gasteiger partial charge in [0.2, 0.25) is 11.8 Å².